The van der Waals surface area contributed by atoms with Crippen molar-refractivity contribution in [3.63, 3.8) is 0 Å². The van der Waals surface area contributed by atoms with E-state index in [4.69, 9.17) is 0 Å². The highest BCUT2D eigenvalue weighted by Gasteiger charge is 2.10. The van der Waals surface area contributed by atoms with Crippen molar-refractivity contribution in [3.05, 3.63) is 83.9 Å². The lowest BCUT2D eigenvalue weighted by Gasteiger charge is -2.08. The van der Waals surface area contributed by atoms with Gasteiger partial charge in [-0.3, -0.25) is 14.9 Å². The van der Waals surface area contributed by atoms with Crippen LogP contribution in [0.1, 0.15) is 42.1 Å². The van der Waals surface area contributed by atoms with Crippen LogP contribution in [0.2, 0.25) is 0 Å². The van der Waals surface area contributed by atoms with E-state index in [1.54, 1.807) is 0 Å². The zero-order valence-corrected chi connectivity index (χ0v) is 18.0. The normalized spacial score (nSPS) is 10.8. The Balaban J connectivity index is 1.48. The number of H-pyrrole nitrogens is 1. The minimum Gasteiger partial charge on any atom is -0.348 e. The first kappa shape index (κ1) is 21.3. The summed E-state index contributed by atoms with van der Waals surface area (Å²) in [6, 6.07) is 23.2. The van der Waals surface area contributed by atoms with E-state index >= 15 is 0 Å². The number of rotatable bonds is 8. The highest BCUT2D eigenvalue weighted by molar-refractivity contribution is 5.96. The van der Waals surface area contributed by atoms with Crippen LogP contribution in [0.15, 0.2) is 72.8 Å². The van der Waals surface area contributed by atoms with Gasteiger partial charge in [-0.1, -0.05) is 61.9 Å². The van der Waals surface area contributed by atoms with Crippen LogP contribution in [0.25, 0.3) is 22.2 Å². The van der Waals surface area contributed by atoms with Crippen molar-refractivity contribution < 1.29 is 9.59 Å². The van der Waals surface area contributed by atoms with E-state index in [9.17, 15) is 9.59 Å². The molecule has 6 nitrogen and oxygen atoms in total. The van der Waals surface area contributed by atoms with Crippen molar-refractivity contribution in [1.82, 2.24) is 15.3 Å². The van der Waals surface area contributed by atoms with Gasteiger partial charge in [0.1, 0.15) is 0 Å². The molecule has 0 bridgehead atoms. The number of aromatic amines is 1. The third-order valence-corrected chi connectivity index (χ3v) is 5.25. The van der Waals surface area contributed by atoms with Crippen molar-refractivity contribution in [2.24, 2.45) is 0 Å². The van der Waals surface area contributed by atoms with E-state index in [1.807, 2.05) is 72.8 Å². The topological polar surface area (TPSA) is 86.9 Å². The summed E-state index contributed by atoms with van der Waals surface area (Å²) in [5, 5.41) is 5.78. The molecular formula is C26H26N4O2. The molecule has 0 atom stereocenters. The minimum atomic E-state index is -0.115. The molecule has 0 aliphatic heterocycles. The number of unbranched alkanes of at least 4 members (excludes halogenated alkanes) is 1. The van der Waals surface area contributed by atoms with Crippen LogP contribution >= 0.6 is 0 Å². The largest absolute Gasteiger partial charge is 0.348 e. The summed E-state index contributed by atoms with van der Waals surface area (Å²) in [4.78, 5) is 32.2. The molecule has 4 aromatic rings. The fourth-order valence-electron chi connectivity index (χ4n) is 3.50. The predicted octanol–water partition coefficient (Wildman–Crippen LogP) is 5.29. The number of carbonyl (C=O) groups excluding carboxylic acids is 2. The lowest BCUT2D eigenvalue weighted by molar-refractivity contribution is -0.116. The summed E-state index contributed by atoms with van der Waals surface area (Å²) in [6.07, 6.45) is 2.31. The van der Waals surface area contributed by atoms with E-state index in [1.165, 1.54) is 0 Å². The quantitative estimate of drug-likeness (QED) is 0.358. The zero-order valence-electron chi connectivity index (χ0n) is 18.0. The second-order valence-electron chi connectivity index (χ2n) is 7.72. The average molecular weight is 427 g/mol. The summed E-state index contributed by atoms with van der Waals surface area (Å²) < 4.78 is 0. The van der Waals surface area contributed by atoms with Gasteiger partial charge >= 0.3 is 0 Å². The number of anilines is 1. The molecule has 1 aromatic heterocycles. The molecular weight excluding hydrogens is 400 g/mol. The summed E-state index contributed by atoms with van der Waals surface area (Å²) in [6.45, 7) is 2.54. The van der Waals surface area contributed by atoms with Crippen molar-refractivity contribution in [2.75, 3.05) is 5.32 Å². The molecule has 0 saturated carbocycles. The molecule has 0 saturated heterocycles. The molecule has 0 unspecified atom stereocenters. The van der Waals surface area contributed by atoms with E-state index < -0.39 is 0 Å². The van der Waals surface area contributed by atoms with E-state index in [2.05, 4.69) is 27.5 Å². The second-order valence-corrected chi connectivity index (χ2v) is 7.72. The molecule has 4 rings (SSSR count). The Morgan fingerprint density at radius 2 is 1.75 bits per heavy atom. The number of carbonyl (C=O) groups is 2. The summed E-state index contributed by atoms with van der Waals surface area (Å²) in [5.74, 6) is 0.294. The molecule has 3 N–H and O–H groups in total. The van der Waals surface area contributed by atoms with Crippen LogP contribution in [0.3, 0.4) is 0 Å². The first-order chi connectivity index (χ1) is 15.6. The van der Waals surface area contributed by atoms with Crippen molar-refractivity contribution >= 4 is 28.8 Å². The molecule has 1 heterocycles. The summed E-state index contributed by atoms with van der Waals surface area (Å²) in [5.41, 5.74) is 5.15. The number of hydrogen-bond acceptors (Lipinski definition) is 3. The minimum absolute atomic E-state index is 0.0413. The number of hydrogen-bond donors (Lipinski definition) is 3. The van der Waals surface area contributed by atoms with Gasteiger partial charge in [-0.25, -0.2) is 4.98 Å². The molecule has 3 aromatic carbocycles. The van der Waals surface area contributed by atoms with Crippen LogP contribution in [0.5, 0.6) is 0 Å². The maximum absolute atomic E-state index is 12.6. The number of aromatic nitrogens is 2. The molecule has 2 amide bonds. The highest BCUT2D eigenvalue weighted by atomic mass is 16.2. The lowest BCUT2D eigenvalue weighted by atomic mass is 10.0. The third-order valence-electron chi connectivity index (χ3n) is 5.25. The number of nitrogens with one attached hydrogen (secondary N) is 3. The van der Waals surface area contributed by atoms with Gasteiger partial charge in [-0.05, 0) is 47.4 Å². The Kier molecular flexibility index (Phi) is 6.60. The fourth-order valence-corrected chi connectivity index (χ4v) is 3.50. The van der Waals surface area contributed by atoms with Crippen LogP contribution < -0.4 is 10.6 Å². The summed E-state index contributed by atoms with van der Waals surface area (Å²) in [7, 11) is 0. The predicted molar refractivity (Wildman–Crippen MR) is 127 cm³/mol. The Labute approximate surface area is 187 Å². The third kappa shape index (κ3) is 5.21. The molecule has 0 aliphatic carbocycles. The number of amides is 2. The second kappa shape index (κ2) is 9.92. The van der Waals surface area contributed by atoms with Gasteiger partial charge in [-0.15, -0.1) is 0 Å². The smallest absolute Gasteiger partial charge is 0.251 e. The van der Waals surface area contributed by atoms with Crippen molar-refractivity contribution in [3.8, 4) is 11.1 Å². The molecule has 0 fully saturated rings. The fraction of sp³-hybridized carbons (Fsp3) is 0.192. The van der Waals surface area contributed by atoms with Gasteiger partial charge in [0, 0.05) is 18.5 Å². The number of fused-ring (bicyclic) bond motifs is 1. The highest BCUT2D eigenvalue weighted by Crippen LogP contribution is 2.25. The van der Waals surface area contributed by atoms with Gasteiger partial charge in [-0.2, -0.15) is 0 Å². The van der Waals surface area contributed by atoms with Crippen LogP contribution in [0.4, 0.5) is 5.95 Å². The monoisotopic (exact) mass is 426 g/mol. The maximum Gasteiger partial charge on any atom is 0.251 e. The van der Waals surface area contributed by atoms with Crippen molar-refractivity contribution in [1.29, 1.82) is 0 Å². The SMILES string of the molecule is CCCCC(=O)Nc1nc2ccc(-c3cccc(C(=O)NCc4ccccc4)c3)cc2[nH]1. The van der Waals surface area contributed by atoms with Gasteiger partial charge in [0.15, 0.2) is 0 Å². The molecule has 0 radical (unpaired) electrons. The molecule has 0 aliphatic rings. The van der Waals surface area contributed by atoms with E-state index in [0.29, 0.717) is 24.5 Å². The Morgan fingerprint density at radius 3 is 2.56 bits per heavy atom. The van der Waals surface area contributed by atoms with Gasteiger partial charge in [0.25, 0.3) is 5.91 Å². The number of benzene rings is 3. The zero-order chi connectivity index (χ0) is 22.3. The summed E-state index contributed by atoms with van der Waals surface area (Å²) >= 11 is 0. The van der Waals surface area contributed by atoms with Crippen molar-refractivity contribution in [2.45, 2.75) is 32.7 Å². The average Bonchev–Trinajstić information content (AvgIpc) is 3.23. The molecule has 32 heavy (non-hydrogen) atoms. The first-order valence-electron chi connectivity index (χ1n) is 10.8. The molecule has 162 valence electrons. The Hall–Kier alpha value is -3.93. The Morgan fingerprint density at radius 1 is 0.938 bits per heavy atom. The standard InChI is InChI=1S/C26H26N4O2/c1-2-3-12-24(31)30-26-28-22-14-13-20(16-23(22)29-26)19-10-7-11-21(15-19)25(32)27-17-18-8-5-4-6-9-18/h4-11,13-16H,2-3,12,17H2,1H3,(H,27,32)(H2,28,29,30,31). The molecule has 0 spiro atoms. The van der Waals surface area contributed by atoms with Crippen LogP contribution in [-0.4, -0.2) is 21.8 Å². The van der Waals surface area contributed by atoms with E-state index in [0.717, 1.165) is 40.6 Å². The van der Waals surface area contributed by atoms with E-state index in [-0.39, 0.29) is 11.8 Å². The van der Waals surface area contributed by atoms with Crippen LogP contribution in [0, 0.1) is 0 Å². The Bertz CT molecular complexity index is 1230. The number of nitrogens with zero attached hydrogens (tertiary/aromatic N) is 1. The number of imidazole rings is 1. The van der Waals surface area contributed by atoms with Gasteiger partial charge < -0.3 is 10.3 Å². The van der Waals surface area contributed by atoms with Crippen LogP contribution in [-0.2, 0) is 11.3 Å². The maximum atomic E-state index is 12.6. The van der Waals surface area contributed by atoms with Gasteiger partial charge in [0.2, 0.25) is 11.9 Å². The van der Waals surface area contributed by atoms with Gasteiger partial charge in [0.05, 0.1) is 11.0 Å². The molecule has 6 heteroatoms. The first-order valence-corrected chi connectivity index (χ1v) is 10.8. The lowest BCUT2D eigenvalue weighted by Crippen LogP contribution is -2.22.